The molecule has 0 unspecified atom stereocenters. The number of aryl methyl sites for hydroxylation is 1. The maximum Gasteiger partial charge on any atom is 0.413 e. The molecule has 0 bridgehead atoms. The third-order valence-corrected chi connectivity index (χ3v) is 8.80. The highest BCUT2D eigenvalue weighted by atomic mass is 32.2. The summed E-state index contributed by atoms with van der Waals surface area (Å²) in [7, 11) is -2.14. The molecule has 4 heterocycles. The number of fused-ring (bicyclic) bond motifs is 3. The first-order valence-corrected chi connectivity index (χ1v) is 13.7. The van der Waals surface area contributed by atoms with E-state index in [9.17, 15) is 30.8 Å². The van der Waals surface area contributed by atoms with Gasteiger partial charge in [0.1, 0.15) is 9.84 Å². The number of anilines is 2. The Kier molecular flexibility index (Phi) is 6.37. The van der Waals surface area contributed by atoms with Crippen LogP contribution in [0.25, 0.3) is 5.65 Å². The molecule has 37 heavy (non-hydrogen) atoms. The fourth-order valence-corrected chi connectivity index (χ4v) is 6.71. The third-order valence-electron chi connectivity index (χ3n) is 7.09. The summed E-state index contributed by atoms with van der Waals surface area (Å²) in [5, 5.41) is 3.87. The molecular formula is C24H25F4N5O3S. The van der Waals surface area contributed by atoms with Crippen LogP contribution in [-0.4, -0.2) is 65.1 Å². The molecule has 1 amide bonds. The normalized spacial score (nSPS) is 19.0. The Bertz CT molecular complexity index is 1430. The Labute approximate surface area is 210 Å². The first-order valence-electron chi connectivity index (χ1n) is 11.9. The number of sulfone groups is 1. The van der Waals surface area contributed by atoms with Gasteiger partial charge in [-0.05, 0) is 43.4 Å². The summed E-state index contributed by atoms with van der Waals surface area (Å²) in [5.41, 5.74) is 2.37. The van der Waals surface area contributed by atoms with Gasteiger partial charge in [0.05, 0.1) is 29.1 Å². The molecule has 2 aromatic heterocycles. The van der Waals surface area contributed by atoms with Gasteiger partial charge >= 0.3 is 6.18 Å². The first-order chi connectivity index (χ1) is 17.4. The van der Waals surface area contributed by atoms with Gasteiger partial charge in [0.15, 0.2) is 11.7 Å². The molecule has 1 saturated heterocycles. The summed E-state index contributed by atoms with van der Waals surface area (Å²) in [5.74, 6) is -2.53. The van der Waals surface area contributed by atoms with Crippen molar-refractivity contribution in [1.29, 1.82) is 0 Å². The minimum atomic E-state index is -4.73. The molecule has 1 atom stereocenters. The van der Waals surface area contributed by atoms with Crippen molar-refractivity contribution >= 4 is 32.8 Å². The van der Waals surface area contributed by atoms with E-state index in [1.807, 2.05) is 4.90 Å². The minimum absolute atomic E-state index is 0.0187. The lowest BCUT2D eigenvalue weighted by atomic mass is 9.98. The highest BCUT2D eigenvalue weighted by molar-refractivity contribution is 7.91. The first kappa shape index (κ1) is 25.4. The molecule has 0 N–H and O–H groups in total. The second-order valence-electron chi connectivity index (χ2n) is 9.49. The maximum atomic E-state index is 14.2. The molecule has 0 aliphatic carbocycles. The number of aromatic nitrogens is 3. The number of benzene rings is 1. The molecule has 5 rings (SSSR count). The summed E-state index contributed by atoms with van der Waals surface area (Å²) in [6, 6.07) is 4.86. The van der Waals surface area contributed by atoms with Crippen molar-refractivity contribution < 1.29 is 30.8 Å². The number of nitrogens with zero attached hydrogens (tertiary/aromatic N) is 5. The van der Waals surface area contributed by atoms with E-state index in [1.165, 1.54) is 22.7 Å². The number of carbonyl (C=O) groups excluding carboxylic acids is 1. The number of alkyl halides is 3. The van der Waals surface area contributed by atoms with Crippen LogP contribution in [0.5, 0.6) is 0 Å². The van der Waals surface area contributed by atoms with Crippen LogP contribution >= 0.6 is 0 Å². The molecule has 0 radical (unpaired) electrons. The van der Waals surface area contributed by atoms with Crippen LogP contribution in [0.15, 0.2) is 36.5 Å². The van der Waals surface area contributed by atoms with Crippen LogP contribution in [0, 0.1) is 11.9 Å². The lowest BCUT2D eigenvalue weighted by Gasteiger charge is -2.34. The number of hydrogen-bond donors (Lipinski definition) is 0. The lowest BCUT2D eigenvalue weighted by Crippen LogP contribution is -2.44. The molecular weight excluding hydrogens is 514 g/mol. The van der Waals surface area contributed by atoms with E-state index in [2.05, 4.69) is 10.1 Å². The molecule has 3 aromatic rings. The number of amides is 1. The second-order valence-corrected chi connectivity index (χ2v) is 11.8. The van der Waals surface area contributed by atoms with E-state index in [1.54, 1.807) is 18.3 Å². The Hall–Kier alpha value is -3.22. The Balaban J connectivity index is 1.41. The van der Waals surface area contributed by atoms with Gasteiger partial charge in [-0.25, -0.2) is 17.9 Å². The van der Waals surface area contributed by atoms with Crippen molar-refractivity contribution in [2.75, 3.05) is 30.0 Å². The molecule has 198 valence electrons. The van der Waals surface area contributed by atoms with E-state index in [-0.39, 0.29) is 29.9 Å². The van der Waals surface area contributed by atoms with Crippen LogP contribution in [0.3, 0.4) is 0 Å². The van der Waals surface area contributed by atoms with E-state index >= 15 is 0 Å². The van der Waals surface area contributed by atoms with E-state index in [0.717, 1.165) is 19.2 Å². The third kappa shape index (κ3) is 4.88. The van der Waals surface area contributed by atoms with Gasteiger partial charge in [0.2, 0.25) is 11.9 Å². The fourth-order valence-electron chi connectivity index (χ4n) is 5.22. The fraction of sp³-hybridized carbons (Fsp3) is 0.458. The summed E-state index contributed by atoms with van der Waals surface area (Å²) in [6.45, 7) is 0.592. The summed E-state index contributed by atoms with van der Waals surface area (Å²) < 4.78 is 80.9. The zero-order chi connectivity index (χ0) is 26.5. The molecule has 2 aliphatic rings. The monoisotopic (exact) mass is 539 g/mol. The van der Waals surface area contributed by atoms with Crippen molar-refractivity contribution in [2.24, 2.45) is 5.92 Å². The average Bonchev–Trinajstić information content (AvgIpc) is 3.24. The largest absolute Gasteiger partial charge is 0.413 e. The topological polar surface area (TPSA) is 87.9 Å². The smallest absolute Gasteiger partial charge is 0.339 e. The van der Waals surface area contributed by atoms with Crippen LogP contribution in [-0.2, 0) is 21.1 Å². The molecule has 1 fully saturated rings. The molecule has 0 saturated carbocycles. The molecule has 0 spiro atoms. The van der Waals surface area contributed by atoms with Gasteiger partial charge in [-0.2, -0.15) is 17.6 Å². The van der Waals surface area contributed by atoms with Crippen molar-refractivity contribution in [3.63, 3.8) is 0 Å². The number of halogens is 4. The maximum absolute atomic E-state index is 14.2. The van der Waals surface area contributed by atoms with Crippen LogP contribution in [0.1, 0.15) is 36.6 Å². The summed E-state index contributed by atoms with van der Waals surface area (Å²) in [6.07, 6.45) is -1.71. The van der Waals surface area contributed by atoms with Gasteiger partial charge in [-0.1, -0.05) is 12.1 Å². The Morgan fingerprint density at radius 1 is 1.16 bits per heavy atom. The van der Waals surface area contributed by atoms with Gasteiger partial charge < -0.3 is 9.80 Å². The second kappa shape index (κ2) is 9.26. The van der Waals surface area contributed by atoms with Crippen molar-refractivity contribution in [3.05, 3.63) is 53.7 Å². The van der Waals surface area contributed by atoms with Gasteiger partial charge in [0, 0.05) is 31.3 Å². The number of hydrogen-bond acceptors (Lipinski definition) is 6. The van der Waals surface area contributed by atoms with Crippen molar-refractivity contribution in [3.8, 4) is 0 Å². The van der Waals surface area contributed by atoms with Crippen molar-refractivity contribution in [1.82, 2.24) is 19.5 Å². The highest BCUT2D eigenvalue weighted by Gasteiger charge is 2.46. The standard InChI is InChI=1S/C24H25F4N5O3S/c1-31(23(34)16-8-11-37(35,36)12-9-16)22(24(26,27)28)15-4-6-17(7-5-15)32-10-2-3-18-19(32)14-29-21-13-20(25)30-33(18)21/h4-7,13-14,16,22H,2-3,8-12H2,1H3/t22-/m0/s1. The predicted molar refractivity (Wildman–Crippen MR) is 128 cm³/mol. The SMILES string of the molecule is CN(C(=O)C1CCS(=O)(=O)CC1)[C@@H](c1ccc(N2CCCc3c2cnc2cc(F)nn32)cc1)C(F)(F)F. The molecule has 13 heteroatoms. The highest BCUT2D eigenvalue weighted by Crippen LogP contribution is 2.40. The van der Waals surface area contributed by atoms with Crippen LogP contribution in [0.4, 0.5) is 28.9 Å². The van der Waals surface area contributed by atoms with Crippen LogP contribution < -0.4 is 4.90 Å². The summed E-state index contributed by atoms with van der Waals surface area (Å²) in [4.78, 5) is 19.7. The number of carbonyl (C=O) groups is 1. The van der Waals surface area contributed by atoms with Gasteiger partial charge in [0.25, 0.3) is 0 Å². The zero-order valence-corrected chi connectivity index (χ0v) is 20.8. The summed E-state index contributed by atoms with van der Waals surface area (Å²) >= 11 is 0. The van der Waals surface area contributed by atoms with Crippen LogP contribution in [0.2, 0.25) is 0 Å². The zero-order valence-electron chi connectivity index (χ0n) is 19.9. The predicted octanol–water partition coefficient (Wildman–Crippen LogP) is 3.84. The molecule has 8 nitrogen and oxygen atoms in total. The van der Waals surface area contributed by atoms with E-state index in [0.29, 0.717) is 34.9 Å². The quantitative estimate of drug-likeness (QED) is 0.469. The molecule has 2 aliphatic heterocycles. The Morgan fingerprint density at radius 3 is 2.49 bits per heavy atom. The molecule has 1 aromatic carbocycles. The number of rotatable bonds is 4. The van der Waals surface area contributed by atoms with E-state index < -0.39 is 39.8 Å². The minimum Gasteiger partial charge on any atom is -0.339 e. The lowest BCUT2D eigenvalue weighted by molar-refractivity contribution is -0.190. The van der Waals surface area contributed by atoms with Gasteiger partial charge in [-0.15, -0.1) is 5.10 Å². The van der Waals surface area contributed by atoms with Gasteiger partial charge in [-0.3, -0.25) is 4.79 Å². The van der Waals surface area contributed by atoms with Crippen molar-refractivity contribution in [2.45, 2.75) is 37.9 Å². The van der Waals surface area contributed by atoms with E-state index in [4.69, 9.17) is 0 Å². The Morgan fingerprint density at radius 2 is 1.84 bits per heavy atom. The average molecular weight is 540 g/mol.